The lowest BCUT2D eigenvalue weighted by atomic mass is 10.2. The molecule has 0 saturated heterocycles. The fraction of sp³-hybridized carbons (Fsp3) is 0.0667. The van der Waals surface area contributed by atoms with Crippen LogP contribution in [0.4, 0.5) is 5.69 Å². The molecule has 0 heterocycles. The number of nitrogens with one attached hydrogen (secondary N) is 2. The van der Waals surface area contributed by atoms with Gasteiger partial charge < -0.3 is 10.4 Å². The van der Waals surface area contributed by atoms with Gasteiger partial charge in [-0.1, -0.05) is 12.1 Å². The zero-order chi connectivity index (χ0) is 16.8. The van der Waals surface area contributed by atoms with Gasteiger partial charge in [0.2, 0.25) is 0 Å². The van der Waals surface area contributed by atoms with E-state index < -0.39 is 0 Å². The van der Waals surface area contributed by atoms with Gasteiger partial charge in [0.1, 0.15) is 5.75 Å². The van der Waals surface area contributed by atoms with E-state index in [0.717, 1.165) is 19.1 Å². The van der Waals surface area contributed by atoms with Gasteiger partial charge in [-0.15, -0.1) is 0 Å². The second kappa shape index (κ2) is 8.47. The van der Waals surface area contributed by atoms with Crippen LogP contribution in [0.15, 0.2) is 54.9 Å². The van der Waals surface area contributed by atoms with Crippen LogP contribution >= 0.6 is 47.8 Å². The maximum Gasteiger partial charge on any atom is 0.259 e. The number of anilines is 1. The minimum atomic E-state index is -0.303. The first kappa shape index (κ1) is 18.0. The number of benzene rings is 2. The SMILES string of the molecule is O=C(CNc1cc(Br)c(Br)cc1Br)N/N=C\c1ccccc1O. The number of phenols is 1. The molecule has 3 N–H and O–H groups in total. The van der Waals surface area contributed by atoms with Crippen LogP contribution < -0.4 is 10.7 Å². The largest absolute Gasteiger partial charge is 0.507 e. The van der Waals surface area contributed by atoms with Crippen LogP contribution in [0.3, 0.4) is 0 Å². The average Bonchev–Trinajstić information content (AvgIpc) is 2.51. The maximum atomic E-state index is 11.8. The van der Waals surface area contributed by atoms with E-state index in [4.69, 9.17) is 0 Å². The number of para-hydroxylation sites is 1. The number of hydrogen-bond acceptors (Lipinski definition) is 4. The molecule has 0 saturated carbocycles. The van der Waals surface area contributed by atoms with Gasteiger partial charge in [0.05, 0.1) is 18.4 Å². The van der Waals surface area contributed by atoms with E-state index in [1.54, 1.807) is 24.3 Å². The van der Waals surface area contributed by atoms with Crippen molar-refractivity contribution in [1.29, 1.82) is 0 Å². The Bertz CT molecular complexity index is 751. The monoisotopic (exact) mass is 503 g/mol. The topological polar surface area (TPSA) is 73.7 Å². The summed E-state index contributed by atoms with van der Waals surface area (Å²) in [6, 6.07) is 10.5. The number of carbonyl (C=O) groups excluding carboxylic acids is 1. The molecule has 120 valence electrons. The molecule has 2 aromatic rings. The summed E-state index contributed by atoms with van der Waals surface area (Å²) in [5, 5.41) is 16.4. The van der Waals surface area contributed by atoms with Crippen LogP contribution in [-0.2, 0) is 4.79 Å². The second-order valence-corrected chi connectivity index (χ2v) is 7.01. The van der Waals surface area contributed by atoms with Crippen LogP contribution in [0.1, 0.15) is 5.56 Å². The molecule has 0 unspecified atom stereocenters. The van der Waals surface area contributed by atoms with Gasteiger partial charge in [0.25, 0.3) is 5.91 Å². The Morgan fingerprint density at radius 1 is 1.13 bits per heavy atom. The van der Waals surface area contributed by atoms with E-state index in [1.165, 1.54) is 6.21 Å². The van der Waals surface area contributed by atoms with Crippen molar-refractivity contribution in [2.24, 2.45) is 5.10 Å². The molecule has 0 bridgehead atoms. The highest BCUT2D eigenvalue weighted by Crippen LogP contribution is 2.32. The first-order chi connectivity index (χ1) is 11.0. The van der Waals surface area contributed by atoms with E-state index in [1.807, 2.05) is 12.1 Å². The molecule has 1 amide bonds. The number of hydrazone groups is 1. The number of phenolic OH excluding ortho intramolecular Hbond substituents is 1. The number of carbonyl (C=O) groups is 1. The Balaban J connectivity index is 1.89. The second-order valence-electron chi connectivity index (χ2n) is 4.45. The van der Waals surface area contributed by atoms with Gasteiger partial charge in [-0.3, -0.25) is 4.79 Å². The molecule has 0 atom stereocenters. The van der Waals surface area contributed by atoms with Gasteiger partial charge in [0.15, 0.2) is 0 Å². The smallest absolute Gasteiger partial charge is 0.259 e. The van der Waals surface area contributed by atoms with Gasteiger partial charge in [0, 0.05) is 19.0 Å². The van der Waals surface area contributed by atoms with Crippen LogP contribution in [0.25, 0.3) is 0 Å². The van der Waals surface area contributed by atoms with E-state index in [-0.39, 0.29) is 18.2 Å². The minimum Gasteiger partial charge on any atom is -0.507 e. The average molecular weight is 506 g/mol. The van der Waals surface area contributed by atoms with Crippen LogP contribution in [-0.4, -0.2) is 23.8 Å². The quantitative estimate of drug-likeness (QED) is 0.323. The number of nitrogens with zero attached hydrogens (tertiary/aromatic N) is 1. The molecule has 8 heteroatoms. The molecule has 0 fully saturated rings. The summed E-state index contributed by atoms with van der Waals surface area (Å²) in [7, 11) is 0. The van der Waals surface area contributed by atoms with Crippen molar-refractivity contribution < 1.29 is 9.90 Å². The highest BCUT2D eigenvalue weighted by molar-refractivity contribution is 9.13. The third-order valence-electron chi connectivity index (χ3n) is 2.78. The van der Waals surface area contributed by atoms with Crippen LogP contribution in [0.5, 0.6) is 5.75 Å². The van der Waals surface area contributed by atoms with Crippen molar-refractivity contribution in [2.75, 3.05) is 11.9 Å². The lowest BCUT2D eigenvalue weighted by Gasteiger charge is -2.09. The van der Waals surface area contributed by atoms with E-state index >= 15 is 0 Å². The minimum absolute atomic E-state index is 0.0603. The summed E-state index contributed by atoms with van der Waals surface area (Å²) in [4.78, 5) is 11.8. The van der Waals surface area contributed by atoms with E-state index in [9.17, 15) is 9.90 Å². The Labute approximate surface area is 158 Å². The summed E-state index contributed by atoms with van der Waals surface area (Å²) in [5.74, 6) is -0.199. The molecule has 23 heavy (non-hydrogen) atoms. The summed E-state index contributed by atoms with van der Waals surface area (Å²) in [6.45, 7) is 0.0603. The Morgan fingerprint density at radius 2 is 1.83 bits per heavy atom. The lowest BCUT2D eigenvalue weighted by molar-refractivity contribution is -0.119. The fourth-order valence-corrected chi connectivity index (χ4v) is 3.12. The fourth-order valence-electron chi connectivity index (χ4n) is 1.64. The maximum absolute atomic E-state index is 11.8. The Hall–Kier alpha value is -1.38. The molecule has 5 nitrogen and oxygen atoms in total. The number of amides is 1. The normalized spacial score (nSPS) is 10.7. The van der Waals surface area contributed by atoms with E-state index in [0.29, 0.717) is 5.56 Å². The standard InChI is InChI=1S/C15H12Br3N3O2/c16-10-5-12(18)13(6-11(10)17)19-8-15(23)21-20-7-9-3-1-2-4-14(9)22/h1-7,19,22H,8H2,(H,21,23)/b20-7-. The molecular formula is C15H12Br3N3O2. The highest BCUT2D eigenvalue weighted by Gasteiger charge is 2.06. The molecule has 0 aliphatic rings. The molecule has 0 aliphatic carbocycles. The highest BCUT2D eigenvalue weighted by atomic mass is 79.9. The Kier molecular flexibility index (Phi) is 6.61. The molecule has 0 aliphatic heterocycles. The van der Waals surface area contributed by atoms with Crippen molar-refractivity contribution >= 4 is 65.6 Å². The van der Waals surface area contributed by atoms with Gasteiger partial charge in [-0.25, -0.2) is 5.43 Å². The van der Waals surface area contributed by atoms with E-state index in [2.05, 4.69) is 63.6 Å². The number of rotatable bonds is 5. The van der Waals surface area contributed by atoms with Crippen LogP contribution in [0.2, 0.25) is 0 Å². The third kappa shape index (κ3) is 5.33. The Morgan fingerprint density at radius 3 is 2.57 bits per heavy atom. The van der Waals surface area contributed by atoms with Crippen molar-refractivity contribution in [1.82, 2.24) is 5.43 Å². The molecule has 0 radical (unpaired) electrons. The van der Waals surface area contributed by atoms with Gasteiger partial charge in [-0.05, 0) is 72.1 Å². The molecule has 0 spiro atoms. The zero-order valence-corrected chi connectivity index (χ0v) is 16.4. The first-order valence-corrected chi connectivity index (χ1v) is 8.83. The van der Waals surface area contributed by atoms with Gasteiger partial charge >= 0.3 is 0 Å². The predicted octanol–water partition coefficient (Wildman–Crippen LogP) is 4.24. The predicted molar refractivity (Wildman–Crippen MR) is 102 cm³/mol. The van der Waals surface area contributed by atoms with Crippen molar-refractivity contribution in [3.63, 3.8) is 0 Å². The summed E-state index contributed by atoms with van der Waals surface area (Å²) >= 11 is 10.2. The van der Waals surface area contributed by atoms with Crippen molar-refractivity contribution in [3.05, 3.63) is 55.4 Å². The van der Waals surface area contributed by atoms with Gasteiger partial charge in [-0.2, -0.15) is 5.10 Å². The summed E-state index contributed by atoms with van der Waals surface area (Å²) in [6.07, 6.45) is 1.39. The number of aromatic hydroxyl groups is 1. The number of halogens is 3. The molecule has 0 aromatic heterocycles. The molecular weight excluding hydrogens is 494 g/mol. The van der Waals surface area contributed by atoms with Crippen molar-refractivity contribution in [2.45, 2.75) is 0 Å². The summed E-state index contributed by atoms with van der Waals surface area (Å²) < 4.78 is 2.62. The molecule has 2 rings (SSSR count). The third-order valence-corrected chi connectivity index (χ3v) is 5.28. The first-order valence-electron chi connectivity index (χ1n) is 6.45. The molecule has 2 aromatic carbocycles. The van der Waals surface area contributed by atoms with Crippen LogP contribution in [0, 0.1) is 0 Å². The summed E-state index contributed by atoms with van der Waals surface area (Å²) in [5.41, 5.74) is 3.70. The lowest BCUT2D eigenvalue weighted by Crippen LogP contribution is -2.26. The zero-order valence-electron chi connectivity index (χ0n) is 11.7. The number of hydrogen-bond donors (Lipinski definition) is 3. The van der Waals surface area contributed by atoms with Crippen molar-refractivity contribution in [3.8, 4) is 5.75 Å².